The normalized spacial score (nSPS) is 16.6. The molecule has 0 amide bonds. The van der Waals surface area contributed by atoms with E-state index >= 15 is 0 Å². The molecule has 0 saturated carbocycles. The summed E-state index contributed by atoms with van der Waals surface area (Å²) in [7, 11) is 1.73. The van der Waals surface area contributed by atoms with Crippen molar-refractivity contribution in [1.29, 1.82) is 0 Å². The Labute approximate surface area is 210 Å². The number of likely N-dealkylation sites (tertiary alicyclic amines) is 2. The van der Waals surface area contributed by atoms with Gasteiger partial charge in [0.25, 0.3) is 0 Å². The quantitative estimate of drug-likeness (QED) is 0.362. The SMILES string of the molecule is COc1ccc(Cc2ccc(CN3CCCC3)cc2)c(-c2ccc(OCCN3CCCC3)cc2)c1. The molecule has 0 unspecified atom stereocenters. The standard InChI is InChI=1S/C31H38N2O2/c1-34-30-15-12-28(22-25-6-8-26(9-7-25)24-33-18-4-5-19-33)31(23-30)27-10-13-29(14-11-27)35-21-20-32-16-2-3-17-32/h6-15,23H,2-5,16-22,24H2,1H3. The summed E-state index contributed by atoms with van der Waals surface area (Å²) in [4.78, 5) is 5.03. The van der Waals surface area contributed by atoms with Crippen molar-refractivity contribution in [3.05, 3.63) is 83.4 Å². The van der Waals surface area contributed by atoms with Gasteiger partial charge in [-0.2, -0.15) is 0 Å². The van der Waals surface area contributed by atoms with Crippen LogP contribution in [0.5, 0.6) is 11.5 Å². The van der Waals surface area contributed by atoms with E-state index < -0.39 is 0 Å². The summed E-state index contributed by atoms with van der Waals surface area (Å²) in [6.07, 6.45) is 6.21. The van der Waals surface area contributed by atoms with E-state index in [1.165, 1.54) is 79.7 Å². The largest absolute Gasteiger partial charge is 0.497 e. The number of benzene rings is 3. The molecule has 0 bridgehead atoms. The molecule has 4 nitrogen and oxygen atoms in total. The van der Waals surface area contributed by atoms with E-state index in [-0.39, 0.29) is 0 Å². The van der Waals surface area contributed by atoms with Crippen LogP contribution in [0.4, 0.5) is 0 Å². The van der Waals surface area contributed by atoms with E-state index in [1.54, 1.807) is 7.11 Å². The van der Waals surface area contributed by atoms with E-state index in [2.05, 4.69) is 76.5 Å². The van der Waals surface area contributed by atoms with Crippen LogP contribution in [0, 0.1) is 0 Å². The van der Waals surface area contributed by atoms with Crippen molar-refractivity contribution in [1.82, 2.24) is 9.80 Å². The molecule has 2 heterocycles. The molecule has 2 fully saturated rings. The minimum Gasteiger partial charge on any atom is -0.497 e. The minimum absolute atomic E-state index is 0.748. The van der Waals surface area contributed by atoms with Gasteiger partial charge >= 0.3 is 0 Å². The molecule has 2 aliphatic rings. The fourth-order valence-corrected chi connectivity index (χ4v) is 5.32. The number of hydrogen-bond acceptors (Lipinski definition) is 4. The topological polar surface area (TPSA) is 24.9 Å². The van der Waals surface area contributed by atoms with Crippen LogP contribution in [0.3, 0.4) is 0 Å². The molecule has 5 rings (SSSR count). The van der Waals surface area contributed by atoms with E-state index in [9.17, 15) is 0 Å². The number of hydrogen-bond donors (Lipinski definition) is 0. The second kappa shape index (κ2) is 11.7. The molecule has 0 aromatic heterocycles. The van der Waals surface area contributed by atoms with E-state index in [4.69, 9.17) is 9.47 Å². The Morgan fingerprint density at radius 1 is 0.686 bits per heavy atom. The highest BCUT2D eigenvalue weighted by molar-refractivity contribution is 5.70. The zero-order valence-corrected chi connectivity index (χ0v) is 21.0. The van der Waals surface area contributed by atoms with Gasteiger partial charge in [0.15, 0.2) is 0 Å². The second-order valence-corrected chi connectivity index (χ2v) is 9.92. The smallest absolute Gasteiger partial charge is 0.119 e. The summed E-state index contributed by atoms with van der Waals surface area (Å²) in [5.41, 5.74) is 6.46. The lowest BCUT2D eigenvalue weighted by Crippen LogP contribution is -2.25. The fraction of sp³-hybridized carbons (Fsp3) is 0.419. The van der Waals surface area contributed by atoms with Crippen LogP contribution in [0.25, 0.3) is 11.1 Å². The van der Waals surface area contributed by atoms with Crippen molar-refractivity contribution >= 4 is 0 Å². The highest BCUT2D eigenvalue weighted by Crippen LogP contribution is 2.31. The van der Waals surface area contributed by atoms with Crippen molar-refractivity contribution < 1.29 is 9.47 Å². The fourth-order valence-electron chi connectivity index (χ4n) is 5.32. The van der Waals surface area contributed by atoms with Gasteiger partial charge in [0, 0.05) is 13.1 Å². The van der Waals surface area contributed by atoms with Gasteiger partial charge in [-0.15, -0.1) is 0 Å². The molecule has 0 aliphatic carbocycles. The first-order valence-corrected chi connectivity index (χ1v) is 13.2. The van der Waals surface area contributed by atoms with Gasteiger partial charge in [-0.25, -0.2) is 0 Å². The van der Waals surface area contributed by atoms with Crippen LogP contribution in [-0.4, -0.2) is 56.2 Å². The summed E-state index contributed by atoms with van der Waals surface area (Å²) in [6, 6.07) is 24.1. The van der Waals surface area contributed by atoms with Crippen LogP contribution in [0.2, 0.25) is 0 Å². The van der Waals surface area contributed by atoms with E-state index in [0.717, 1.165) is 37.6 Å². The van der Waals surface area contributed by atoms with Crippen LogP contribution in [0.15, 0.2) is 66.7 Å². The Kier molecular flexibility index (Phi) is 8.02. The summed E-state index contributed by atoms with van der Waals surface area (Å²) in [5.74, 6) is 1.82. The van der Waals surface area contributed by atoms with Crippen molar-refractivity contribution in [2.24, 2.45) is 0 Å². The van der Waals surface area contributed by atoms with Crippen LogP contribution in [0.1, 0.15) is 42.4 Å². The molecule has 4 heteroatoms. The van der Waals surface area contributed by atoms with Gasteiger partial charge in [0.1, 0.15) is 18.1 Å². The maximum atomic E-state index is 6.02. The zero-order valence-electron chi connectivity index (χ0n) is 21.0. The molecule has 0 atom stereocenters. The molecular formula is C31H38N2O2. The summed E-state index contributed by atoms with van der Waals surface area (Å²) in [6.45, 7) is 7.72. The van der Waals surface area contributed by atoms with E-state index in [1.807, 2.05) is 0 Å². The molecule has 2 aliphatic heterocycles. The third-order valence-electron chi connectivity index (χ3n) is 7.38. The lowest BCUT2D eigenvalue weighted by atomic mass is 9.94. The first-order chi connectivity index (χ1) is 17.3. The van der Waals surface area contributed by atoms with Crippen LogP contribution in [-0.2, 0) is 13.0 Å². The monoisotopic (exact) mass is 470 g/mol. The Hall–Kier alpha value is -2.82. The Bertz CT molecular complexity index is 1070. The lowest BCUT2D eigenvalue weighted by Gasteiger charge is -2.16. The zero-order chi connectivity index (χ0) is 23.9. The van der Waals surface area contributed by atoms with Gasteiger partial charge in [-0.05, 0) is 110 Å². The number of rotatable bonds is 10. The predicted octanol–water partition coefficient (Wildman–Crippen LogP) is 6.02. The van der Waals surface area contributed by atoms with Crippen molar-refractivity contribution in [2.45, 2.75) is 38.6 Å². The van der Waals surface area contributed by atoms with Crippen LogP contribution < -0.4 is 9.47 Å². The molecule has 3 aromatic rings. The Morgan fingerprint density at radius 2 is 1.31 bits per heavy atom. The summed E-state index contributed by atoms with van der Waals surface area (Å²) < 4.78 is 11.6. The summed E-state index contributed by atoms with van der Waals surface area (Å²) >= 11 is 0. The predicted molar refractivity (Wildman–Crippen MR) is 143 cm³/mol. The van der Waals surface area contributed by atoms with Gasteiger partial charge in [-0.1, -0.05) is 42.5 Å². The first-order valence-electron chi connectivity index (χ1n) is 13.2. The molecule has 184 valence electrons. The van der Waals surface area contributed by atoms with Crippen LogP contribution >= 0.6 is 0 Å². The third kappa shape index (κ3) is 6.45. The van der Waals surface area contributed by atoms with Crippen molar-refractivity contribution in [3.8, 4) is 22.6 Å². The van der Waals surface area contributed by atoms with Gasteiger partial charge < -0.3 is 9.47 Å². The molecule has 0 spiro atoms. The highest BCUT2D eigenvalue weighted by atomic mass is 16.5. The Balaban J connectivity index is 1.26. The van der Waals surface area contributed by atoms with Gasteiger partial charge in [0.2, 0.25) is 0 Å². The molecule has 2 saturated heterocycles. The molecule has 0 N–H and O–H groups in total. The maximum Gasteiger partial charge on any atom is 0.119 e. The summed E-state index contributed by atoms with van der Waals surface area (Å²) in [5, 5.41) is 0. The van der Waals surface area contributed by atoms with Gasteiger partial charge in [-0.3, -0.25) is 9.80 Å². The number of ether oxygens (including phenoxy) is 2. The average molecular weight is 471 g/mol. The number of nitrogens with zero attached hydrogens (tertiary/aromatic N) is 2. The first kappa shape index (κ1) is 23.9. The lowest BCUT2D eigenvalue weighted by molar-refractivity contribution is 0.238. The highest BCUT2D eigenvalue weighted by Gasteiger charge is 2.13. The molecule has 35 heavy (non-hydrogen) atoms. The molecular weight excluding hydrogens is 432 g/mol. The second-order valence-electron chi connectivity index (χ2n) is 9.92. The van der Waals surface area contributed by atoms with E-state index in [0.29, 0.717) is 0 Å². The Morgan fingerprint density at radius 3 is 2.00 bits per heavy atom. The maximum absolute atomic E-state index is 6.02. The average Bonchev–Trinajstić information content (AvgIpc) is 3.61. The van der Waals surface area contributed by atoms with Crippen molar-refractivity contribution in [3.63, 3.8) is 0 Å². The third-order valence-corrected chi connectivity index (χ3v) is 7.38. The number of methoxy groups -OCH3 is 1. The van der Waals surface area contributed by atoms with Crippen molar-refractivity contribution in [2.75, 3.05) is 46.4 Å². The molecule has 3 aromatic carbocycles. The van der Waals surface area contributed by atoms with Gasteiger partial charge in [0.05, 0.1) is 7.11 Å². The molecule has 0 radical (unpaired) electrons. The minimum atomic E-state index is 0.748.